The number of ether oxygens (including phenoxy) is 2. The van der Waals surface area contributed by atoms with E-state index in [1.54, 1.807) is 18.2 Å². The van der Waals surface area contributed by atoms with E-state index >= 15 is 0 Å². The van der Waals surface area contributed by atoms with E-state index in [-0.39, 0.29) is 19.2 Å². The number of hydrogen-bond donors (Lipinski definition) is 1. The molecule has 0 fully saturated rings. The van der Waals surface area contributed by atoms with Gasteiger partial charge in [0.25, 0.3) is 0 Å². The van der Waals surface area contributed by atoms with E-state index in [0.717, 1.165) is 27.5 Å². The lowest BCUT2D eigenvalue weighted by molar-refractivity contribution is 0.302. The molecule has 0 unspecified atom stereocenters. The quantitative estimate of drug-likeness (QED) is 0.276. The van der Waals surface area contributed by atoms with E-state index in [1.165, 1.54) is 17.5 Å². The second-order valence-corrected chi connectivity index (χ2v) is 10.8. The molecule has 0 aliphatic rings. The summed E-state index contributed by atoms with van der Waals surface area (Å²) in [5.41, 5.74) is 2.60. The summed E-state index contributed by atoms with van der Waals surface area (Å²) in [5, 5.41) is 12.9. The molecule has 1 N–H and O–H groups in total. The zero-order valence-corrected chi connectivity index (χ0v) is 21.4. The van der Waals surface area contributed by atoms with Crippen LogP contribution >= 0.6 is 34.5 Å². The molecular formula is C23H18Cl2N4O4S2. The number of thiophene rings is 1. The SMILES string of the molecule is CS(=O)(=O)Nc1nccc(COc2ccc3c(-c4cc(Cl)c(OCCCl)c(C#N)c4)csc3c2)n1. The molecule has 0 aliphatic carbocycles. The van der Waals surface area contributed by atoms with Crippen LogP contribution in [0.1, 0.15) is 11.3 Å². The molecule has 2 aromatic carbocycles. The number of sulfonamides is 1. The summed E-state index contributed by atoms with van der Waals surface area (Å²) in [4.78, 5) is 8.04. The molecule has 2 heterocycles. The number of alkyl halides is 1. The monoisotopic (exact) mass is 548 g/mol. The van der Waals surface area contributed by atoms with Crippen LogP contribution < -0.4 is 14.2 Å². The molecule has 4 aromatic rings. The molecule has 4 rings (SSSR count). The maximum absolute atomic E-state index is 11.4. The molecule has 2 aromatic heterocycles. The number of aromatic nitrogens is 2. The molecule has 180 valence electrons. The fourth-order valence-electron chi connectivity index (χ4n) is 3.29. The van der Waals surface area contributed by atoms with Gasteiger partial charge in [0, 0.05) is 21.8 Å². The third kappa shape index (κ3) is 6.13. The van der Waals surface area contributed by atoms with Crippen molar-refractivity contribution in [2.45, 2.75) is 6.61 Å². The number of fused-ring (bicyclic) bond motifs is 1. The molecule has 0 saturated heterocycles. The molecule has 35 heavy (non-hydrogen) atoms. The van der Waals surface area contributed by atoms with Crippen LogP contribution in [-0.2, 0) is 16.6 Å². The summed E-state index contributed by atoms with van der Waals surface area (Å²) in [7, 11) is -3.47. The number of nitriles is 1. The molecule has 0 aliphatic heterocycles. The summed E-state index contributed by atoms with van der Waals surface area (Å²) in [6.45, 7) is 0.388. The minimum Gasteiger partial charge on any atom is -0.489 e. The van der Waals surface area contributed by atoms with Crippen molar-refractivity contribution in [3.63, 3.8) is 0 Å². The van der Waals surface area contributed by atoms with Crippen LogP contribution in [0.2, 0.25) is 5.02 Å². The normalized spacial score (nSPS) is 11.3. The van der Waals surface area contributed by atoms with Gasteiger partial charge in [0.05, 0.1) is 28.4 Å². The Bertz CT molecular complexity index is 1530. The van der Waals surface area contributed by atoms with Crippen LogP contribution in [0.4, 0.5) is 5.95 Å². The van der Waals surface area contributed by atoms with Gasteiger partial charge in [-0.1, -0.05) is 11.6 Å². The molecule has 8 nitrogen and oxygen atoms in total. The summed E-state index contributed by atoms with van der Waals surface area (Å²) >= 11 is 13.6. The lowest BCUT2D eigenvalue weighted by Crippen LogP contribution is -2.13. The van der Waals surface area contributed by atoms with Gasteiger partial charge in [0.2, 0.25) is 16.0 Å². The van der Waals surface area contributed by atoms with Gasteiger partial charge in [0.15, 0.2) is 5.75 Å². The van der Waals surface area contributed by atoms with Gasteiger partial charge in [-0.25, -0.2) is 18.4 Å². The fourth-order valence-corrected chi connectivity index (χ4v) is 5.07. The van der Waals surface area contributed by atoms with E-state index in [1.807, 2.05) is 23.6 Å². The van der Waals surface area contributed by atoms with Crippen LogP contribution in [0.5, 0.6) is 11.5 Å². The van der Waals surface area contributed by atoms with Gasteiger partial charge >= 0.3 is 0 Å². The lowest BCUT2D eigenvalue weighted by Gasteiger charge is -2.11. The summed E-state index contributed by atoms with van der Waals surface area (Å²) < 4.78 is 37.4. The number of halogens is 2. The predicted octanol–water partition coefficient (Wildman–Crippen LogP) is 5.45. The van der Waals surface area contributed by atoms with Gasteiger partial charge in [-0.2, -0.15) is 5.26 Å². The van der Waals surface area contributed by atoms with E-state index in [2.05, 4.69) is 20.8 Å². The molecule has 0 radical (unpaired) electrons. The highest BCUT2D eigenvalue weighted by molar-refractivity contribution is 7.91. The van der Waals surface area contributed by atoms with E-state index < -0.39 is 10.0 Å². The number of benzene rings is 2. The molecule has 12 heteroatoms. The first-order chi connectivity index (χ1) is 16.8. The standard InChI is InChI=1S/C23H18Cl2N4O4S2/c1-35(30,31)29-23-27-6-4-16(28-23)12-33-17-2-3-18-19(13-34-21(18)10-17)14-8-15(11-26)22(20(25)9-14)32-7-5-24/h2-4,6,8-10,13H,5,7,12H2,1H3,(H,27,28,29). The Kier molecular flexibility index (Phi) is 7.62. The number of rotatable bonds is 9. The zero-order valence-electron chi connectivity index (χ0n) is 18.3. The van der Waals surface area contributed by atoms with Crippen molar-refractivity contribution in [2.75, 3.05) is 23.5 Å². The van der Waals surface area contributed by atoms with Crippen molar-refractivity contribution >= 4 is 60.6 Å². The maximum atomic E-state index is 11.4. The maximum Gasteiger partial charge on any atom is 0.236 e. The summed E-state index contributed by atoms with van der Waals surface area (Å²) in [5.74, 6) is 1.23. The van der Waals surface area contributed by atoms with Gasteiger partial charge in [-0.15, -0.1) is 22.9 Å². The second-order valence-electron chi connectivity index (χ2n) is 7.33. The van der Waals surface area contributed by atoms with Crippen LogP contribution in [0.3, 0.4) is 0 Å². The van der Waals surface area contributed by atoms with Gasteiger partial charge in [0.1, 0.15) is 25.0 Å². The number of anilines is 1. The average molecular weight is 549 g/mol. The van der Waals surface area contributed by atoms with Gasteiger partial charge in [-0.05, 0) is 47.3 Å². The van der Waals surface area contributed by atoms with Crippen LogP contribution in [0, 0.1) is 11.3 Å². The van der Waals surface area contributed by atoms with Crippen LogP contribution in [0.15, 0.2) is 48.0 Å². The summed E-state index contributed by atoms with van der Waals surface area (Å²) in [6.07, 6.45) is 2.49. The Hall–Kier alpha value is -3.10. The third-order valence-electron chi connectivity index (χ3n) is 4.72. The molecule has 0 amide bonds. The lowest BCUT2D eigenvalue weighted by atomic mass is 10.0. The molecule has 0 atom stereocenters. The van der Waals surface area contributed by atoms with Crippen molar-refractivity contribution < 1.29 is 17.9 Å². The van der Waals surface area contributed by atoms with E-state index in [4.69, 9.17) is 32.7 Å². The number of hydrogen-bond acceptors (Lipinski definition) is 8. The largest absolute Gasteiger partial charge is 0.489 e. The molecule has 0 bridgehead atoms. The summed E-state index contributed by atoms with van der Waals surface area (Å²) in [6, 6.07) is 13.0. The third-order valence-corrected chi connectivity index (χ3v) is 6.66. The van der Waals surface area contributed by atoms with Crippen molar-refractivity contribution in [3.8, 4) is 28.7 Å². The number of nitrogens with zero attached hydrogens (tertiary/aromatic N) is 3. The highest BCUT2D eigenvalue weighted by Crippen LogP contribution is 2.40. The highest BCUT2D eigenvalue weighted by Gasteiger charge is 2.15. The Labute approximate surface area is 216 Å². The minimum atomic E-state index is -3.47. The number of nitrogens with one attached hydrogen (secondary N) is 1. The topological polar surface area (TPSA) is 114 Å². The van der Waals surface area contributed by atoms with Crippen molar-refractivity contribution in [1.82, 2.24) is 9.97 Å². The first kappa shape index (κ1) is 25.0. The predicted molar refractivity (Wildman–Crippen MR) is 138 cm³/mol. The van der Waals surface area contributed by atoms with Gasteiger partial charge in [-0.3, -0.25) is 4.72 Å². The smallest absolute Gasteiger partial charge is 0.236 e. The fraction of sp³-hybridized carbons (Fsp3) is 0.174. The Balaban J connectivity index is 1.55. The van der Waals surface area contributed by atoms with Crippen LogP contribution in [-0.4, -0.2) is 37.1 Å². The highest BCUT2D eigenvalue weighted by atomic mass is 35.5. The van der Waals surface area contributed by atoms with E-state index in [0.29, 0.717) is 33.7 Å². The molecular weight excluding hydrogens is 531 g/mol. The minimum absolute atomic E-state index is 0.0126. The van der Waals surface area contributed by atoms with Crippen molar-refractivity contribution in [3.05, 3.63) is 64.3 Å². The zero-order chi connectivity index (χ0) is 25.0. The first-order valence-corrected chi connectivity index (χ1v) is 13.8. The van der Waals surface area contributed by atoms with Crippen molar-refractivity contribution in [1.29, 1.82) is 5.26 Å². The van der Waals surface area contributed by atoms with Crippen LogP contribution in [0.25, 0.3) is 21.2 Å². The van der Waals surface area contributed by atoms with Gasteiger partial charge < -0.3 is 9.47 Å². The van der Waals surface area contributed by atoms with E-state index in [9.17, 15) is 13.7 Å². The average Bonchev–Trinajstić information content (AvgIpc) is 3.24. The Morgan fingerprint density at radius 3 is 2.77 bits per heavy atom. The molecule has 0 saturated carbocycles. The molecule has 0 spiro atoms. The van der Waals surface area contributed by atoms with Crippen molar-refractivity contribution in [2.24, 2.45) is 0 Å². The Morgan fingerprint density at radius 1 is 1.20 bits per heavy atom. The Morgan fingerprint density at radius 2 is 2.03 bits per heavy atom. The first-order valence-electron chi connectivity index (χ1n) is 10.1. The second kappa shape index (κ2) is 10.7.